The van der Waals surface area contributed by atoms with E-state index in [9.17, 15) is 28.8 Å². The maximum atomic E-state index is 13.9. The number of nitrogens with one attached hydrogen (secondary N) is 6. The summed E-state index contributed by atoms with van der Waals surface area (Å²) in [5, 5.41) is 11.4. The zero-order valence-electron chi connectivity index (χ0n) is 50.9. The summed E-state index contributed by atoms with van der Waals surface area (Å²) < 4.78 is 16.3. The van der Waals surface area contributed by atoms with Crippen LogP contribution in [0, 0.1) is 20.8 Å². The minimum absolute atomic E-state index is 0.0120. The molecule has 6 aromatic carbocycles. The third-order valence-corrected chi connectivity index (χ3v) is 16.6. The van der Waals surface area contributed by atoms with Crippen molar-refractivity contribution in [1.82, 2.24) is 29.7 Å². The van der Waals surface area contributed by atoms with Crippen LogP contribution >= 0.6 is 0 Å². The van der Waals surface area contributed by atoms with Gasteiger partial charge < -0.3 is 77.0 Å². The average Bonchev–Trinajstić information content (AvgIpc) is 2.61. The Bertz CT molecular complexity index is 3630. The van der Waals surface area contributed by atoms with Crippen molar-refractivity contribution in [2.75, 3.05) is 57.3 Å². The molecule has 0 fully saturated rings. The van der Waals surface area contributed by atoms with Crippen LogP contribution in [0.1, 0.15) is 77.2 Å². The molecule has 6 amide bonds. The Morgan fingerprint density at radius 3 is 0.886 bits per heavy atom. The topological polar surface area (TPSA) is 301 Å². The predicted molar refractivity (Wildman–Crippen MR) is 342 cm³/mol. The highest BCUT2D eigenvalue weighted by Gasteiger charge is 2.30. The van der Waals surface area contributed by atoms with Gasteiger partial charge >= 0.3 is 0 Å². The molecule has 3 atom stereocenters. The lowest BCUT2D eigenvalue weighted by Crippen LogP contribution is -2.48. The van der Waals surface area contributed by atoms with Crippen LogP contribution in [0.15, 0.2) is 127 Å². The Balaban J connectivity index is 0.920. The molecule has 0 aliphatic heterocycles. The van der Waals surface area contributed by atoms with E-state index in [2.05, 4.69) is 30.9 Å². The third kappa shape index (κ3) is 13.4. The minimum atomic E-state index is -0.925. The van der Waals surface area contributed by atoms with Crippen molar-refractivity contribution < 1.29 is 43.0 Å². The first kappa shape index (κ1) is 62.6. The standard InChI is InChI=1S/C67H76N12O9/c1-37-52(55-28-49(86-7)22-25-58(55)71-37)31-61(80)77(34-68)40(4)65(83)74-46-16-10-43(11-17-46)64(44-12-18-47(19-13-44)75-66(84)41(5)78(35-69)62(81)32-53-38(2)72-59-26-23-50(87-8)29-56(53)59)45-14-20-48(21-15-45)76-67(85)42(6)79(36-70)63(82)33-54-39(3)73-60-27-24-51(88-9)30-57(54)60/h10-30,40-42,64,71-73H,31-36,68-70H2,1-9H3,(H,74,83)(H,75,84)(H,76,85)/t40-,41-,42-/m0/s1. The summed E-state index contributed by atoms with van der Waals surface area (Å²) in [5.74, 6) is -0.739. The number of nitrogens with zero attached hydrogens (tertiary/aromatic N) is 3. The summed E-state index contributed by atoms with van der Waals surface area (Å²) in [5.41, 5.74) is 29.8. The number of fused-ring (bicyclic) bond motifs is 3. The molecule has 0 saturated carbocycles. The van der Waals surface area contributed by atoms with Crippen molar-refractivity contribution in [2.45, 2.75) is 84.8 Å². The molecular weight excluding hydrogens is 1120 g/mol. The largest absolute Gasteiger partial charge is 0.497 e. The lowest BCUT2D eigenvalue weighted by molar-refractivity contribution is -0.137. The van der Waals surface area contributed by atoms with Crippen molar-refractivity contribution in [1.29, 1.82) is 0 Å². The molecule has 88 heavy (non-hydrogen) atoms. The molecule has 0 radical (unpaired) electrons. The van der Waals surface area contributed by atoms with Crippen LogP contribution in [0.2, 0.25) is 0 Å². The maximum absolute atomic E-state index is 13.9. The van der Waals surface area contributed by atoms with Gasteiger partial charge in [0, 0.05) is 72.8 Å². The summed E-state index contributed by atoms with van der Waals surface area (Å²) in [6.07, 6.45) is 0.0360. The first-order valence-corrected chi connectivity index (χ1v) is 28.9. The van der Waals surface area contributed by atoms with Gasteiger partial charge in [0.15, 0.2) is 0 Å². The highest BCUT2D eigenvalue weighted by Crippen LogP contribution is 2.36. The molecule has 9 rings (SSSR count). The van der Waals surface area contributed by atoms with E-state index < -0.39 is 41.8 Å². The van der Waals surface area contributed by atoms with Gasteiger partial charge in [-0.1, -0.05) is 36.4 Å². The molecule has 0 bridgehead atoms. The van der Waals surface area contributed by atoms with E-state index in [-0.39, 0.29) is 57.0 Å². The molecule has 9 aromatic rings. The number of methoxy groups -OCH3 is 3. The van der Waals surface area contributed by atoms with Gasteiger partial charge in [-0.25, -0.2) is 0 Å². The summed E-state index contributed by atoms with van der Waals surface area (Å²) in [4.78, 5) is 97.3. The smallest absolute Gasteiger partial charge is 0.246 e. The van der Waals surface area contributed by atoms with E-state index in [1.54, 1.807) is 78.5 Å². The van der Waals surface area contributed by atoms with Gasteiger partial charge in [-0.15, -0.1) is 0 Å². The number of nitrogens with two attached hydrogens (primary N) is 3. The Labute approximate surface area is 510 Å². The van der Waals surface area contributed by atoms with Crippen molar-refractivity contribution in [3.05, 3.63) is 178 Å². The van der Waals surface area contributed by atoms with Gasteiger partial charge in [-0.05, 0) is 166 Å². The highest BCUT2D eigenvalue weighted by molar-refractivity contribution is 6.01. The molecule has 0 unspecified atom stereocenters. The van der Waals surface area contributed by atoms with E-state index >= 15 is 0 Å². The van der Waals surface area contributed by atoms with Crippen LogP contribution < -0.4 is 47.4 Å². The minimum Gasteiger partial charge on any atom is -0.497 e. The van der Waals surface area contributed by atoms with Crippen LogP contribution in [-0.2, 0) is 48.0 Å². The fourth-order valence-electron chi connectivity index (χ4n) is 11.4. The Morgan fingerprint density at radius 2 is 0.659 bits per heavy atom. The van der Waals surface area contributed by atoms with Gasteiger partial charge in [-0.3, -0.25) is 28.8 Å². The second kappa shape index (κ2) is 27.2. The van der Waals surface area contributed by atoms with E-state index in [4.69, 9.17) is 31.4 Å². The van der Waals surface area contributed by atoms with E-state index in [0.29, 0.717) is 34.3 Å². The Morgan fingerprint density at radius 1 is 0.409 bits per heavy atom. The number of benzene rings is 6. The number of anilines is 3. The number of rotatable bonds is 24. The molecule has 3 aromatic heterocycles. The summed E-state index contributed by atoms with van der Waals surface area (Å²) in [7, 11) is 4.74. The number of aromatic amines is 3. The lowest BCUT2D eigenvalue weighted by atomic mass is 9.85. The number of hydrogen-bond donors (Lipinski definition) is 9. The zero-order chi connectivity index (χ0) is 63.1. The molecule has 0 saturated heterocycles. The summed E-state index contributed by atoms with van der Waals surface area (Å²) in [6.45, 7) is 10.0. The van der Waals surface area contributed by atoms with Crippen molar-refractivity contribution >= 4 is 85.2 Å². The predicted octanol–water partition coefficient (Wildman–Crippen LogP) is 8.21. The molecule has 0 aliphatic rings. The van der Waals surface area contributed by atoms with Crippen LogP contribution in [0.5, 0.6) is 17.2 Å². The zero-order valence-corrected chi connectivity index (χ0v) is 50.9. The monoisotopic (exact) mass is 1190 g/mol. The molecule has 458 valence electrons. The second-order valence-electron chi connectivity index (χ2n) is 21.9. The quantitative estimate of drug-likeness (QED) is 0.0204. The van der Waals surface area contributed by atoms with Gasteiger partial charge in [-0.2, -0.15) is 0 Å². The molecule has 12 N–H and O–H groups in total. The molecule has 21 heteroatoms. The molecule has 0 spiro atoms. The first-order valence-electron chi connectivity index (χ1n) is 28.9. The highest BCUT2D eigenvalue weighted by atomic mass is 16.5. The normalized spacial score (nSPS) is 12.4. The molecule has 21 nitrogen and oxygen atoms in total. The van der Waals surface area contributed by atoms with Gasteiger partial charge in [0.05, 0.1) is 60.6 Å². The number of hydrogen-bond acceptors (Lipinski definition) is 12. The number of aryl methyl sites for hydroxylation is 3. The molecule has 0 aliphatic carbocycles. The number of ether oxygens (including phenoxy) is 3. The van der Waals surface area contributed by atoms with Crippen LogP contribution in [-0.4, -0.2) is 125 Å². The second-order valence-corrected chi connectivity index (χ2v) is 21.9. The fourth-order valence-corrected chi connectivity index (χ4v) is 11.4. The van der Waals surface area contributed by atoms with Crippen LogP contribution in [0.4, 0.5) is 17.1 Å². The SMILES string of the molecule is COc1ccc2[nH]c(C)c(CC(=O)N(CN)[C@@H](C)C(=O)Nc3ccc(C(c4ccc(NC(=O)[C@H](C)N(CN)C(=O)Cc5c(C)[nH]c6ccc(OC)cc56)cc4)c4ccc(NC(=O)[C@H](C)N(CN)C(=O)Cc5c(C)[nH]c6ccc(OC)cc56)cc4)cc3)c2c1. The molecule has 3 heterocycles. The third-order valence-electron chi connectivity index (χ3n) is 16.6. The van der Waals surface area contributed by atoms with E-state index in [1.165, 1.54) is 14.7 Å². The van der Waals surface area contributed by atoms with Crippen molar-refractivity contribution in [3.63, 3.8) is 0 Å². The fraction of sp³-hybridized carbons (Fsp3) is 0.284. The maximum Gasteiger partial charge on any atom is 0.246 e. The van der Waals surface area contributed by atoms with E-state index in [1.807, 2.05) is 112 Å². The van der Waals surface area contributed by atoms with Crippen LogP contribution in [0.25, 0.3) is 32.7 Å². The Kier molecular flexibility index (Phi) is 19.3. The van der Waals surface area contributed by atoms with Crippen molar-refractivity contribution in [2.24, 2.45) is 17.2 Å². The van der Waals surface area contributed by atoms with Gasteiger partial charge in [0.2, 0.25) is 35.4 Å². The lowest BCUT2D eigenvalue weighted by Gasteiger charge is -2.27. The number of H-pyrrole nitrogens is 3. The van der Waals surface area contributed by atoms with Crippen molar-refractivity contribution in [3.8, 4) is 17.2 Å². The summed E-state index contributed by atoms with van der Waals surface area (Å²) in [6, 6.07) is 36.0. The average molecular weight is 1190 g/mol. The van der Waals surface area contributed by atoms with E-state index in [0.717, 1.165) is 83.2 Å². The van der Waals surface area contributed by atoms with Crippen LogP contribution in [0.3, 0.4) is 0 Å². The number of carbonyl (C=O) groups excluding carboxylic acids is 6. The summed E-state index contributed by atoms with van der Waals surface area (Å²) >= 11 is 0. The van der Waals surface area contributed by atoms with Gasteiger partial charge in [0.25, 0.3) is 0 Å². The number of amides is 6. The number of aromatic nitrogens is 3. The van der Waals surface area contributed by atoms with Gasteiger partial charge in [0.1, 0.15) is 35.4 Å². The number of carbonyl (C=O) groups is 6. The molecular formula is C67H76N12O9. The Hall–Kier alpha value is -9.96. The first-order chi connectivity index (χ1) is 42.3.